The quantitative estimate of drug-likeness (QED) is 0.752. The van der Waals surface area contributed by atoms with Gasteiger partial charge in [0.2, 0.25) is 0 Å². The summed E-state index contributed by atoms with van der Waals surface area (Å²) < 4.78 is 13.6. The summed E-state index contributed by atoms with van der Waals surface area (Å²) in [4.78, 5) is 4.08. The van der Waals surface area contributed by atoms with Gasteiger partial charge in [-0.1, -0.05) is 18.2 Å². The summed E-state index contributed by atoms with van der Waals surface area (Å²) in [6, 6.07) is 9.22. The van der Waals surface area contributed by atoms with Gasteiger partial charge in [0, 0.05) is 12.4 Å². The van der Waals surface area contributed by atoms with Gasteiger partial charge in [-0.15, -0.1) is 12.4 Å². The summed E-state index contributed by atoms with van der Waals surface area (Å²) in [7, 11) is 0. The summed E-state index contributed by atoms with van der Waals surface area (Å²) in [6.07, 6.45) is 7.38. The van der Waals surface area contributed by atoms with E-state index in [9.17, 15) is 4.39 Å². The Balaban J connectivity index is 0.00000120. The maximum atomic E-state index is 13.6. The molecule has 0 fully saturated rings. The third-order valence-electron chi connectivity index (χ3n) is 3.13. The Hall–Kier alpha value is -1.67. The molecule has 0 atom stereocenters. The first-order chi connectivity index (χ1) is 8.34. The minimum Gasteiger partial charge on any atom is -0.264 e. The van der Waals surface area contributed by atoms with Gasteiger partial charge >= 0.3 is 0 Å². The van der Waals surface area contributed by atoms with Crippen LogP contribution in [-0.2, 0) is 6.42 Å². The zero-order chi connectivity index (χ0) is 11.7. The van der Waals surface area contributed by atoms with Crippen molar-refractivity contribution < 1.29 is 4.39 Å². The zero-order valence-electron chi connectivity index (χ0n) is 9.77. The fraction of sp³-hybridized carbons (Fsp3) is 0.133. The van der Waals surface area contributed by atoms with E-state index in [2.05, 4.69) is 11.1 Å². The number of rotatable bonds is 1. The van der Waals surface area contributed by atoms with Crippen molar-refractivity contribution in [3.63, 3.8) is 0 Å². The average Bonchev–Trinajstić information content (AvgIpc) is 2.76. The highest BCUT2D eigenvalue weighted by Crippen LogP contribution is 2.34. The number of aromatic nitrogens is 1. The van der Waals surface area contributed by atoms with E-state index in [0.717, 1.165) is 29.5 Å². The van der Waals surface area contributed by atoms with Crippen LogP contribution in [0.15, 0.2) is 42.7 Å². The van der Waals surface area contributed by atoms with E-state index in [4.69, 9.17) is 0 Å². The molecule has 0 unspecified atom stereocenters. The van der Waals surface area contributed by atoms with Crippen molar-refractivity contribution in [1.29, 1.82) is 0 Å². The molecule has 2 aromatic rings. The van der Waals surface area contributed by atoms with Crippen molar-refractivity contribution >= 4 is 24.1 Å². The lowest BCUT2D eigenvalue weighted by atomic mass is 10.1. The summed E-state index contributed by atoms with van der Waals surface area (Å²) in [5, 5.41) is 0. The van der Waals surface area contributed by atoms with Gasteiger partial charge in [-0.2, -0.15) is 0 Å². The van der Waals surface area contributed by atoms with Crippen molar-refractivity contribution in [2.24, 2.45) is 0 Å². The number of fused-ring (bicyclic) bond motifs is 1. The molecule has 0 saturated heterocycles. The number of benzene rings is 1. The number of hydrogen-bond donors (Lipinski definition) is 0. The molecule has 0 aliphatic heterocycles. The zero-order valence-corrected chi connectivity index (χ0v) is 10.6. The van der Waals surface area contributed by atoms with Crippen LogP contribution >= 0.6 is 12.4 Å². The van der Waals surface area contributed by atoms with Crippen LogP contribution < -0.4 is 0 Å². The van der Waals surface area contributed by atoms with Gasteiger partial charge < -0.3 is 0 Å². The largest absolute Gasteiger partial charge is 0.264 e. The van der Waals surface area contributed by atoms with E-state index < -0.39 is 0 Å². The van der Waals surface area contributed by atoms with Gasteiger partial charge in [0.05, 0.1) is 0 Å². The molecule has 1 aromatic carbocycles. The van der Waals surface area contributed by atoms with Gasteiger partial charge in [0.1, 0.15) is 5.82 Å². The second kappa shape index (κ2) is 5.32. The second-order valence-electron chi connectivity index (χ2n) is 4.22. The van der Waals surface area contributed by atoms with Crippen molar-refractivity contribution in [1.82, 2.24) is 4.98 Å². The highest BCUT2D eigenvalue weighted by Gasteiger charge is 2.18. The lowest BCUT2D eigenvalue weighted by Gasteiger charge is -2.01. The monoisotopic (exact) mass is 261 g/mol. The van der Waals surface area contributed by atoms with E-state index in [1.165, 1.54) is 11.6 Å². The van der Waals surface area contributed by atoms with Gasteiger partial charge in [-0.3, -0.25) is 4.98 Å². The molecule has 0 spiro atoms. The number of pyridine rings is 1. The molecule has 3 rings (SSSR count). The van der Waals surface area contributed by atoms with Crippen molar-refractivity contribution in [3.8, 4) is 0 Å². The average molecular weight is 262 g/mol. The van der Waals surface area contributed by atoms with Crippen LogP contribution in [0, 0.1) is 5.82 Å². The molecule has 18 heavy (non-hydrogen) atoms. The molecule has 0 N–H and O–H groups in total. The van der Waals surface area contributed by atoms with Crippen molar-refractivity contribution in [2.45, 2.75) is 12.8 Å². The predicted octanol–water partition coefficient (Wildman–Crippen LogP) is 4.13. The van der Waals surface area contributed by atoms with E-state index in [1.54, 1.807) is 12.3 Å². The fourth-order valence-corrected chi connectivity index (χ4v) is 2.32. The first-order valence-electron chi connectivity index (χ1n) is 5.73. The van der Waals surface area contributed by atoms with Gasteiger partial charge in [0.15, 0.2) is 0 Å². The Morgan fingerprint density at radius 1 is 1.11 bits per heavy atom. The number of allylic oxidation sites excluding steroid dienone is 1. The Labute approximate surface area is 112 Å². The molecule has 1 aliphatic carbocycles. The van der Waals surface area contributed by atoms with Gasteiger partial charge in [0.25, 0.3) is 0 Å². The van der Waals surface area contributed by atoms with Gasteiger partial charge in [-0.25, -0.2) is 4.39 Å². The van der Waals surface area contributed by atoms with E-state index >= 15 is 0 Å². The lowest BCUT2D eigenvalue weighted by Crippen LogP contribution is -1.86. The summed E-state index contributed by atoms with van der Waals surface area (Å²) in [5.74, 6) is -0.0860. The van der Waals surface area contributed by atoms with Crippen LogP contribution in [0.1, 0.15) is 23.1 Å². The topological polar surface area (TPSA) is 12.9 Å². The molecule has 0 amide bonds. The first-order valence-corrected chi connectivity index (χ1v) is 5.73. The minimum atomic E-state index is -0.0860. The van der Waals surface area contributed by atoms with Crippen LogP contribution in [0.3, 0.4) is 0 Å². The minimum absolute atomic E-state index is 0. The van der Waals surface area contributed by atoms with Gasteiger partial charge in [-0.05, 0) is 53.3 Å². The molecule has 0 saturated carbocycles. The Bertz CT molecular complexity index is 578. The molecule has 92 valence electrons. The van der Waals surface area contributed by atoms with Crippen LogP contribution in [0.2, 0.25) is 0 Å². The summed E-state index contributed by atoms with van der Waals surface area (Å²) >= 11 is 0. The van der Waals surface area contributed by atoms with Crippen molar-refractivity contribution in [2.75, 3.05) is 0 Å². The van der Waals surface area contributed by atoms with E-state index in [0.29, 0.717) is 0 Å². The molecule has 0 radical (unpaired) electrons. The standard InChI is InChI=1S/C15H12FN.ClH/c16-15-5-1-4-13-12(6-7-14(13)15)9-11-3-2-8-17-10-11;/h1-5,8-10H,6-7H2;1H/b12-9-;. The first kappa shape index (κ1) is 12.8. The SMILES string of the molecule is Cl.Fc1cccc2c1CC/C2=C/c1cccnc1. The van der Waals surface area contributed by atoms with Crippen LogP contribution in [0.25, 0.3) is 11.6 Å². The molecule has 1 aromatic heterocycles. The molecule has 1 heterocycles. The molecular formula is C15H13ClFN. The lowest BCUT2D eigenvalue weighted by molar-refractivity contribution is 0.613. The Morgan fingerprint density at radius 2 is 2.00 bits per heavy atom. The second-order valence-corrected chi connectivity index (χ2v) is 4.22. The highest BCUT2D eigenvalue weighted by atomic mass is 35.5. The number of nitrogens with zero attached hydrogens (tertiary/aromatic N) is 1. The summed E-state index contributed by atoms with van der Waals surface area (Å²) in [6.45, 7) is 0. The maximum absolute atomic E-state index is 13.6. The molecule has 3 heteroatoms. The van der Waals surface area contributed by atoms with Crippen molar-refractivity contribution in [3.05, 3.63) is 65.2 Å². The highest BCUT2D eigenvalue weighted by molar-refractivity contribution is 5.85. The molecule has 0 bridgehead atoms. The summed E-state index contributed by atoms with van der Waals surface area (Å²) in [5.41, 5.74) is 4.17. The number of halogens is 2. The Kier molecular flexibility index (Phi) is 3.78. The fourth-order valence-electron chi connectivity index (χ4n) is 2.32. The maximum Gasteiger partial charge on any atom is 0.127 e. The van der Waals surface area contributed by atoms with Crippen LogP contribution in [-0.4, -0.2) is 4.98 Å². The molecular weight excluding hydrogens is 249 g/mol. The Morgan fingerprint density at radius 3 is 2.78 bits per heavy atom. The van der Waals surface area contributed by atoms with Crippen LogP contribution in [0.5, 0.6) is 0 Å². The third-order valence-corrected chi connectivity index (χ3v) is 3.13. The van der Waals surface area contributed by atoms with Crippen LogP contribution in [0.4, 0.5) is 4.39 Å². The predicted molar refractivity (Wildman–Crippen MR) is 74.1 cm³/mol. The normalized spacial score (nSPS) is 15.3. The molecule has 1 nitrogen and oxygen atoms in total. The number of hydrogen-bond acceptors (Lipinski definition) is 1. The third kappa shape index (κ3) is 2.29. The smallest absolute Gasteiger partial charge is 0.127 e. The van der Waals surface area contributed by atoms with E-state index in [1.807, 2.05) is 24.4 Å². The molecule has 1 aliphatic rings. The van der Waals surface area contributed by atoms with E-state index in [-0.39, 0.29) is 18.2 Å².